The van der Waals surface area contributed by atoms with E-state index in [0.717, 1.165) is 16.8 Å². The van der Waals surface area contributed by atoms with Gasteiger partial charge in [0.2, 0.25) is 5.91 Å². The first kappa shape index (κ1) is 19.9. The maximum Gasteiger partial charge on any atom is 0.260 e. The molecule has 6 nitrogen and oxygen atoms in total. The highest BCUT2D eigenvalue weighted by molar-refractivity contribution is 5.93. The lowest BCUT2D eigenvalue weighted by atomic mass is 10.1. The molecule has 0 bridgehead atoms. The van der Waals surface area contributed by atoms with Crippen molar-refractivity contribution in [2.24, 2.45) is 0 Å². The fraction of sp³-hybridized carbons (Fsp3) is 0.364. The molecule has 2 aromatic carbocycles. The van der Waals surface area contributed by atoms with Crippen LogP contribution in [0.3, 0.4) is 0 Å². The van der Waals surface area contributed by atoms with Crippen molar-refractivity contribution < 1.29 is 14.3 Å². The molecule has 0 unspecified atom stereocenters. The summed E-state index contributed by atoms with van der Waals surface area (Å²) in [4.78, 5) is 28.6. The zero-order valence-corrected chi connectivity index (χ0v) is 16.5. The Labute approximate surface area is 166 Å². The van der Waals surface area contributed by atoms with E-state index in [9.17, 15) is 9.59 Å². The van der Waals surface area contributed by atoms with Crippen molar-refractivity contribution >= 4 is 17.5 Å². The number of nitrogens with one attached hydrogen (secondary N) is 1. The van der Waals surface area contributed by atoms with Crippen LogP contribution >= 0.6 is 0 Å². The third-order valence-electron chi connectivity index (χ3n) is 4.94. The monoisotopic (exact) mass is 381 g/mol. The summed E-state index contributed by atoms with van der Waals surface area (Å²) in [6.07, 6.45) is 0. The molecule has 0 atom stereocenters. The smallest absolute Gasteiger partial charge is 0.260 e. The number of hydrogen-bond acceptors (Lipinski definition) is 4. The largest absolute Gasteiger partial charge is 0.484 e. The minimum Gasteiger partial charge on any atom is -0.484 e. The van der Waals surface area contributed by atoms with Gasteiger partial charge in [0.25, 0.3) is 5.91 Å². The van der Waals surface area contributed by atoms with E-state index in [2.05, 4.69) is 10.2 Å². The van der Waals surface area contributed by atoms with E-state index in [0.29, 0.717) is 38.5 Å². The van der Waals surface area contributed by atoms with E-state index in [1.165, 1.54) is 0 Å². The number of carbonyl (C=O) groups is 2. The molecule has 6 heteroatoms. The third-order valence-corrected chi connectivity index (χ3v) is 4.94. The topological polar surface area (TPSA) is 61.9 Å². The summed E-state index contributed by atoms with van der Waals surface area (Å²) in [6, 6.07) is 15.3. The van der Waals surface area contributed by atoms with Crippen molar-refractivity contribution in [3.8, 4) is 5.75 Å². The average Bonchev–Trinajstić information content (AvgIpc) is 2.70. The molecule has 0 aliphatic carbocycles. The first-order valence-electron chi connectivity index (χ1n) is 9.57. The van der Waals surface area contributed by atoms with Crippen LogP contribution in [0.1, 0.15) is 11.1 Å². The summed E-state index contributed by atoms with van der Waals surface area (Å²) in [5, 5.41) is 3.02. The minimum absolute atomic E-state index is 0.0235. The number of piperazine rings is 1. The van der Waals surface area contributed by atoms with Gasteiger partial charge in [0.15, 0.2) is 6.61 Å². The number of carbonyl (C=O) groups excluding carboxylic acids is 2. The molecular weight excluding hydrogens is 354 g/mol. The maximum atomic E-state index is 12.4. The first-order valence-corrected chi connectivity index (χ1v) is 9.57. The summed E-state index contributed by atoms with van der Waals surface area (Å²) >= 11 is 0. The molecule has 3 rings (SSSR count). The Morgan fingerprint density at radius 1 is 0.929 bits per heavy atom. The summed E-state index contributed by atoms with van der Waals surface area (Å²) in [5.74, 6) is 0.644. The van der Waals surface area contributed by atoms with Crippen LogP contribution in [0.2, 0.25) is 0 Å². The summed E-state index contributed by atoms with van der Waals surface area (Å²) < 4.78 is 5.53. The highest BCUT2D eigenvalue weighted by Crippen LogP contribution is 2.19. The fourth-order valence-electron chi connectivity index (χ4n) is 3.30. The minimum atomic E-state index is -0.0245. The average molecular weight is 381 g/mol. The van der Waals surface area contributed by atoms with Gasteiger partial charge in [-0.25, -0.2) is 0 Å². The molecule has 1 aliphatic heterocycles. The lowest BCUT2D eigenvalue weighted by Crippen LogP contribution is -2.51. The van der Waals surface area contributed by atoms with E-state index in [-0.39, 0.29) is 18.4 Å². The number of ether oxygens (including phenoxy) is 1. The Kier molecular flexibility index (Phi) is 6.66. The van der Waals surface area contributed by atoms with Crippen LogP contribution in [0.25, 0.3) is 0 Å². The quantitative estimate of drug-likeness (QED) is 0.835. The van der Waals surface area contributed by atoms with Gasteiger partial charge in [0.1, 0.15) is 5.75 Å². The number of rotatable bonds is 6. The van der Waals surface area contributed by atoms with Gasteiger partial charge in [-0.05, 0) is 37.1 Å². The summed E-state index contributed by atoms with van der Waals surface area (Å²) in [5.41, 5.74) is 3.00. The van der Waals surface area contributed by atoms with Crippen molar-refractivity contribution in [1.29, 1.82) is 0 Å². The summed E-state index contributed by atoms with van der Waals surface area (Å²) in [7, 11) is 0. The number of anilines is 1. The van der Waals surface area contributed by atoms with Crippen molar-refractivity contribution in [2.75, 3.05) is 44.6 Å². The second-order valence-electron chi connectivity index (χ2n) is 7.07. The van der Waals surface area contributed by atoms with Gasteiger partial charge < -0.3 is 15.0 Å². The summed E-state index contributed by atoms with van der Waals surface area (Å²) in [6.45, 7) is 6.91. The number of benzene rings is 2. The van der Waals surface area contributed by atoms with Gasteiger partial charge in [0, 0.05) is 31.9 Å². The number of amides is 2. The number of hydrogen-bond donors (Lipinski definition) is 1. The molecule has 1 saturated heterocycles. The van der Waals surface area contributed by atoms with Gasteiger partial charge in [-0.3, -0.25) is 14.5 Å². The van der Waals surface area contributed by atoms with Crippen LogP contribution in [0.15, 0.2) is 48.5 Å². The van der Waals surface area contributed by atoms with Crippen LogP contribution in [-0.4, -0.2) is 60.9 Å². The predicted molar refractivity (Wildman–Crippen MR) is 110 cm³/mol. The SMILES string of the molecule is Cc1cccc(C)c1NC(=O)CN1CCN(C(=O)COc2ccccc2)CC1. The molecule has 2 aromatic rings. The second-order valence-corrected chi connectivity index (χ2v) is 7.07. The molecule has 1 fully saturated rings. The highest BCUT2D eigenvalue weighted by Gasteiger charge is 2.23. The zero-order valence-electron chi connectivity index (χ0n) is 16.5. The zero-order chi connectivity index (χ0) is 19.9. The fourth-order valence-corrected chi connectivity index (χ4v) is 3.30. The van der Waals surface area contributed by atoms with Crippen LogP contribution in [0, 0.1) is 13.8 Å². The van der Waals surface area contributed by atoms with Crippen LogP contribution in [0.5, 0.6) is 5.75 Å². The molecular formula is C22H27N3O3. The highest BCUT2D eigenvalue weighted by atomic mass is 16.5. The van der Waals surface area contributed by atoms with E-state index in [4.69, 9.17) is 4.74 Å². The van der Waals surface area contributed by atoms with Gasteiger partial charge in [-0.15, -0.1) is 0 Å². The van der Waals surface area contributed by atoms with Crippen LogP contribution in [-0.2, 0) is 9.59 Å². The second kappa shape index (κ2) is 9.37. The Hall–Kier alpha value is -2.86. The molecule has 148 valence electrons. The van der Waals surface area contributed by atoms with E-state index in [1.54, 1.807) is 4.90 Å². The van der Waals surface area contributed by atoms with Gasteiger partial charge in [-0.1, -0.05) is 36.4 Å². The lowest BCUT2D eigenvalue weighted by Gasteiger charge is -2.34. The molecule has 0 spiro atoms. The van der Waals surface area contributed by atoms with E-state index < -0.39 is 0 Å². The molecule has 2 amide bonds. The van der Waals surface area contributed by atoms with Gasteiger partial charge >= 0.3 is 0 Å². The molecule has 0 saturated carbocycles. The van der Waals surface area contributed by atoms with Crippen molar-refractivity contribution in [3.63, 3.8) is 0 Å². The predicted octanol–water partition coefficient (Wildman–Crippen LogP) is 2.47. The molecule has 0 radical (unpaired) electrons. The Bertz CT molecular complexity index is 795. The van der Waals surface area contributed by atoms with E-state index in [1.807, 2.05) is 62.4 Å². The molecule has 28 heavy (non-hydrogen) atoms. The van der Waals surface area contributed by atoms with Gasteiger partial charge in [0.05, 0.1) is 6.54 Å². The van der Waals surface area contributed by atoms with Crippen molar-refractivity contribution in [1.82, 2.24) is 9.80 Å². The van der Waals surface area contributed by atoms with Crippen molar-refractivity contribution in [2.45, 2.75) is 13.8 Å². The lowest BCUT2D eigenvalue weighted by molar-refractivity contribution is -0.135. The van der Waals surface area contributed by atoms with Crippen LogP contribution < -0.4 is 10.1 Å². The number of para-hydroxylation sites is 2. The third kappa shape index (κ3) is 5.33. The molecule has 1 heterocycles. The van der Waals surface area contributed by atoms with Crippen molar-refractivity contribution in [3.05, 3.63) is 59.7 Å². The molecule has 1 aliphatic rings. The number of aryl methyl sites for hydroxylation is 2. The Morgan fingerprint density at radius 3 is 2.21 bits per heavy atom. The van der Waals surface area contributed by atoms with Crippen LogP contribution in [0.4, 0.5) is 5.69 Å². The molecule has 0 aromatic heterocycles. The normalized spacial score (nSPS) is 14.6. The van der Waals surface area contributed by atoms with Gasteiger partial charge in [-0.2, -0.15) is 0 Å². The first-order chi connectivity index (χ1) is 13.5. The standard InChI is InChI=1S/C22H27N3O3/c1-17-7-6-8-18(2)22(17)23-20(26)15-24-11-13-25(14-12-24)21(27)16-28-19-9-4-3-5-10-19/h3-10H,11-16H2,1-2H3,(H,23,26). The maximum absolute atomic E-state index is 12.4. The Balaban J connectivity index is 1.42. The Morgan fingerprint density at radius 2 is 1.57 bits per heavy atom. The molecule has 1 N–H and O–H groups in total. The number of nitrogens with zero attached hydrogens (tertiary/aromatic N) is 2. The van der Waals surface area contributed by atoms with E-state index >= 15 is 0 Å².